The summed E-state index contributed by atoms with van der Waals surface area (Å²) in [6, 6.07) is 2.15. The molecule has 3 rings (SSSR count). The summed E-state index contributed by atoms with van der Waals surface area (Å²) < 4.78 is 35.8. The molecule has 0 saturated carbocycles. The smallest absolute Gasteiger partial charge is 0.324 e. The quantitative estimate of drug-likeness (QED) is 0.524. The molecular formula is C22H27N3O5S2. The van der Waals surface area contributed by atoms with E-state index in [-0.39, 0.29) is 23.0 Å². The standard InChI is InChI=1S/C22H27N3O5S2/c1-12(2)19(24-32(28,29)20-15(5)13(3)9-14(4)16(20)6)21(27)30-11-17-10-18(26)25-7-8-31-22(25)23-17/h7-10,12,19,24H,11H2,1-6H3. The van der Waals surface area contributed by atoms with Gasteiger partial charge in [0.15, 0.2) is 4.96 Å². The number of benzene rings is 1. The van der Waals surface area contributed by atoms with Crippen molar-refractivity contribution in [2.75, 3.05) is 0 Å². The molecule has 0 aliphatic carbocycles. The van der Waals surface area contributed by atoms with E-state index in [2.05, 4.69) is 9.71 Å². The number of aryl methyl sites for hydroxylation is 2. The summed E-state index contributed by atoms with van der Waals surface area (Å²) in [6.07, 6.45) is 1.62. The van der Waals surface area contributed by atoms with E-state index < -0.39 is 22.0 Å². The fourth-order valence-electron chi connectivity index (χ4n) is 3.46. The summed E-state index contributed by atoms with van der Waals surface area (Å²) in [6.45, 7) is 10.5. The highest BCUT2D eigenvalue weighted by Gasteiger charge is 2.32. The normalized spacial score (nSPS) is 13.0. The highest BCUT2D eigenvalue weighted by Crippen LogP contribution is 2.26. The third-order valence-corrected chi connectivity index (χ3v) is 7.96. The average Bonchev–Trinajstić information content (AvgIpc) is 3.18. The van der Waals surface area contributed by atoms with Crippen LogP contribution < -0.4 is 10.3 Å². The first-order chi connectivity index (χ1) is 14.9. The van der Waals surface area contributed by atoms with Gasteiger partial charge < -0.3 is 4.74 Å². The van der Waals surface area contributed by atoms with E-state index in [1.54, 1.807) is 39.3 Å². The molecule has 1 unspecified atom stereocenters. The Morgan fingerprint density at radius 1 is 1.16 bits per heavy atom. The van der Waals surface area contributed by atoms with Gasteiger partial charge in [0.25, 0.3) is 5.56 Å². The monoisotopic (exact) mass is 477 g/mol. The number of rotatable bonds is 7. The van der Waals surface area contributed by atoms with Gasteiger partial charge in [-0.25, -0.2) is 13.4 Å². The van der Waals surface area contributed by atoms with Crippen molar-refractivity contribution in [2.24, 2.45) is 5.92 Å². The first-order valence-electron chi connectivity index (χ1n) is 10.1. The van der Waals surface area contributed by atoms with Gasteiger partial charge in [0.2, 0.25) is 10.0 Å². The third-order valence-electron chi connectivity index (χ3n) is 5.49. The summed E-state index contributed by atoms with van der Waals surface area (Å²) in [7, 11) is -3.98. The number of hydrogen-bond acceptors (Lipinski definition) is 7. The lowest BCUT2D eigenvalue weighted by atomic mass is 10.0. The van der Waals surface area contributed by atoms with E-state index in [1.807, 2.05) is 19.9 Å². The van der Waals surface area contributed by atoms with Crippen molar-refractivity contribution in [3.05, 3.63) is 62.0 Å². The lowest BCUT2D eigenvalue weighted by Gasteiger charge is -2.23. The summed E-state index contributed by atoms with van der Waals surface area (Å²) in [4.78, 5) is 29.9. The second-order valence-corrected chi connectivity index (χ2v) is 10.7. The van der Waals surface area contributed by atoms with Gasteiger partial charge in [-0.1, -0.05) is 19.9 Å². The Hall–Kier alpha value is -2.56. The van der Waals surface area contributed by atoms with E-state index in [4.69, 9.17) is 4.74 Å². The Morgan fingerprint density at radius 2 is 1.78 bits per heavy atom. The number of thiazole rings is 1. The number of fused-ring (bicyclic) bond motifs is 1. The van der Waals surface area contributed by atoms with Crippen LogP contribution in [0.15, 0.2) is 33.4 Å². The number of nitrogens with zero attached hydrogens (tertiary/aromatic N) is 2. The fraction of sp³-hybridized carbons (Fsp3) is 0.409. The van der Waals surface area contributed by atoms with E-state index in [9.17, 15) is 18.0 Å². The van der Waals surface area contributed by atoms with E-state index in [1.165, 1.54) is 21.8 Å². The number of carbonyl (C=O) groups is 1. The lowest BCUT2D eigenvalue weighted by molar-refractivity contribution is -0.148. The van der Waals surface area contributed by atoms with E-state index >= 15 is 0 Å². The van der Waals surface area contributed by atoms with Crippen LogP contribution >= 0.6 is 11.3 Å². The molecule has 3 aromatic rings. The Bertz CT molecular complexity index is 1310. The number of nitrogens with one attached hydrogen (secondary N) is 1. The molecule has 0 radical (unpaired) electrons. The predicted octanol–water partition coefficient (Wildman–Crippen LogP) is 3.04. The van der Waals surface area contributed by atoms with Crippen molar-refractivity contribution < 1.29 is 17.9 Å². The zero-order valence-electron chi connectivity index (χ0n) is 18.9. The highest BCUT2D eigenvalue weighted by molar-refractivity contribution is 7.89. The summed E-state index contributed by atoms with van der Waals surface area (Å²) in [5.41, 5.74) is 3.04. The summed E-state index contributed by atoms with van der Waals surface area (Å²) in [5.74, 6) is -1.08. The van der Waals surface area contributed by atoms with Crippen molar-refractivity contribution >= 4 is 32.3 Å². The molecule has 172 valence electrons. The highest BCUT2D eigenvalue weighted by atomic mass is 32.2. The fourth-order valence-corrected chi connectivity index (χ4v) is 6.15. The van der Waals surface area contributed by atoms with Crippen molar-refractivity contribution in [1.29, 1.82) is 0 Å². The number of aromatic nitrogens is 2. The molecule has 1 aromatic carbocycles. The molecule has 0 amide bonds. The Balaban J connectivity index is 1.83. The number of hydrogen-bond donors (Lipinski definition) is 1. The third kappa shape index (κ3) is 4.77. The SMILES string of the molecule is Cc1cc(C)c(C)c(S(=O)(=O)NC(C(=O)OCc2cc(=O)n3ccsc3n2)C(C)C)c1C. The maximum Gasteiger partial charge on any atom is 0.324 e. The Morgan fingerprint density at radius 3 is 2.38 bits per heavy atom. The van der Waals surface area contributed by atoms with Gasteiger partial charge in [0.05, 0.1) is 10.6 Å². The zero-order valence-corrected chi connectivity index (χ0v) is 20.6. The van der Waals surface area contributed by atoms with Crippen LogP contribution in [-0.2, 0) is 26.2 Å². The summed E-state index contributed by atoms with van der Waals surface area (Å²) in [5, 5.41) is 1.74. The minimum absolute atomic E-state index is 0.186. The van der Waals surface area contributed by atoms with Crippen LogP contribution in [0.25, 0.3) is 4.96 Å². The largest absolute Gasteiger partial charge is 0.458 e. The van der Waals surface area contributed by atoms with Gasteiger partial charge in [-0.2, -0.15) is 4.72 Å². The molecule has 1 N–H and O–H groups in total. The molecule has 0 fully saturated rings. The van der Waals surface area contributed by atoms with Crippen LogP contribution in [0.2, 0.25) is 0 Å². The minimum atomic E-state index is -3.98. The zero-order chi connectivity index (χ0) is 23.8. The molecule has 0 spiro atoms. The molecule has 32 heavy (non-hydrogen) atoms. The molecule has 1 atom stereocenters. The molecule has 0 saturated heterocycles. The minimum Gasteiger partial charge on any atom is -0.458 e. The second kappa shape index (κ2) is 9.13. The molecule has 0 aliphatic rings. The van der Waals surface area contributed by atoms with Gasteiger partial charge in [-0.3, -0.25) is 14.0 Å². The molecule has 0 aliphatic heterocycles. The van der Waals surface area contributed by atoms with E-state index in [0.717, 1.165) is 11.1 Å². The van der Waals surface area contributed by atoms with Gasteiger partial charge in [-0.05, 0) is 55.9 Å². The maximum absolute atomic E-state index is 13.3. The molecule has 2 heterocycles. The molecule has 8 nitrogen and oxygen atoms in total. The molecule has 2 aromatic heterocycles. The number of sulfonamides is 1. The van der Waals surface area contributed by atoms with Crippen LogP contribution in [0.1, 0.15) is 41.8 Å². The van der Waals surface area contributed by atoms with Crippen molar-refractivity contribution in [1.82, 2.24) is 14.1 Å². The van der Waals surface area contributed by atoms with Gasteiger partial charge in [-0.15, -0.1) is 11.3 Å². The first kappa shape index (κ1) is 24.1. The van der Waals surface area contributed by atoms with Crippen LogP contribution in [0, 0.1) is 33.6 Å². The predicted molar refractivity (Wildman–Crippen MR) is 123 cm³/mol. The van der Waals surface area contributed by atoms with Crippen molar-refractivity contribution in [3.8, 4) is 0 Å². The van der Waals surface area contributed by atoms with Crippen LogP contribution in [0.5, 0.6) is 0 Å². The Labute approximate surface area is 191 Å². The lowest BCUT2D eigenvalue weighted by Crippen LogP contribution is -2.45. The van der Waals surface area contributed by atoms with Gasteiger partial charge in [0.1, 0.15) is 12.6 Å². The van der Waals surface area contributed by atoms with Crippen LogP contribution in [0.4, 0.5) is 0 Å². The second-order valence-electron chi connectivity index (χ2n) is 8.18. The average molecular weight is 478 g/mol. The van der Waals surface area contributed by atoms with Gasteiger partial charge in [0, 0.05) is 17.6 Å². The number of carbonyl (C=O) groups excluding carboxylic acids is 1. The first-order valence-corrected chi connectivity index (χ1v) is 12.5. The van der Waals surface area contributed by atoms with E-state index in [0.29, 0.717) is 21.8 Å². The van der Waals surface area contributed by atoms with Crippen molar-refractivity contribution in [3.63, 3.8) is 0 Å². The van der Waals surface area contributed by atoms with Crippen molar-refractivity contribution in [2.45, 2.75) is 59.1 Å². The Kier molecular flexibility index (Phi) is 6.87. The topological polar surface area (TPSA) is 107 Å². The van der Waals surface area contributed by atoms with Crippen LogP contribution in [0.3, 0.4) is 0 Å². The molecule has 10 heteroatoms. The molecule has 0 bridgehead atoms. The number of ether oxygens (including phenoxy) is 1. The molecular weight excluding hydrogens is 450 g/mol. The number of esters is 1. The van der Waals surface area contributed by atoms with Gasteiger partial charge >= 0.3 is 5.97 Å². The van der Waals surface area contributed by atoms with Crippen LogP contribution in [-0.4, -0.2) is 29.8 Å². The summed E-state index contributed by atoms with van der Waals surface area (Å²) >= 11 is 1.29. The maximum atomic E-state index is 13.3.